The van der Waals surface area contributed by atoms with Crippen LogP contribution in [0.2, 0.25) is 0 Å². The Balaban J connectivity index is 1.25. The van der Waals surface area contributed by atoms with E-state index in [2.05, 4.69) is 39.0 Å². The molecular formula is C45H40F2N4O4. The Morgan fingerprint density at radius 2 is 1.56 bits per heavy atom. The van der Waals surface area contributed by atoms with Crippen molar-refractivity contribution in [1.29, 1.82) is 0 Å². The number of esters is 2. The lowest BCUT2D eigenvalue weighted by Gasteiger charge is -2.34. The molecule has 1 N–H and O–H groups in total. The van der Waals surface area contributed by atoms with Crippen LogP contribution in [0, 0.1) is 17.8 Å². The number of piperazine rings is 1. The van der Waals surface area contributed by atoms with Gasteiger partial charge in [-0.05, 0) is 71.6 Å². The molecule has 4 aliphatic rings. The number of hydrogen-bond acceptors (Lipinski definition) is 8. The molecule has 278 valence electrons. The predicted molar refractivity (Wildman–Crippen MR) is 207 cm³/mol. The van der Waals surface area contributed by atoms with E-state index in [-0.39, 0.29) is 24.4 Å². The number of nitrogens with zero attached hydrogens (tertiary/aromatic N) is 3. The van der Waals surface area contributed by atoms with Crippen molar-refractivity contribution in [1.82, 2.24) is 15.2 Å². The van der Waals surface area contributed by atoms with Gasteiger partial charge < -0.3 is 24.6 Å². The van der Waals surface area contributed by atoms with Crippen molar-refractivity contribution in [2.75, 3.05) is 51.3 Å². The van der Waals surface area contributed by atoms with Crippen LogP contribution < -0.4 is 10.2 Å². The monoisotopic (exact) mass is 738 g/mol. The van der Waals surface area contributed by atoms with E-state index in [9.17, 15) is 9.59 Å². The van der Waals surface area contributed by atoms with Crippen LogP contribution in [0.3, 0.4) is 0 Å². The van der Waals surface area contributed by atoms with E-state index in [4.69, 9.17) is 9.47 Å². The Kier molecular flexibility index (Phi) is 9.80. The fourth-order valence-electron chi connectivity index (χ4n) is 7.95. The second kappa shape index (κ2) is 15.0. The van der Waals surface area contributed by atoms with Crippen molar-refractivity contribution >= 4 is 28.9 Å². The number of nitrogens with one attached hydrogen (secondary N) is 1. The van der Waals surface area contributed by atoms with E-state index in [1.54, 1.807) is 61.9 Å². The molecule has 0 spiro atoms. The lowest BCUT2D eigenvalue weighted by molar-refractivity contribution is -0.139. The van der Waals surface area contributed by atoms with Gasteiger partial charge >= 0.3 is 11.9 Å². The summed E-state index contributed by atoms with van der Waals surface area (Å²) < 4.78 is 42.4. The lowest BCUT2D eigenvalue weighted by atomic mass is 9.81. The average Bonchev–Trinajstić information content (AvgIpc) is 3.82. The number of rotatable bonds is 7. The maximum absolute atomic E-state index is 15.5. The number of pyridine rings is 1. The molecule has 4 aromatic rings. The molecule has 3 aromatic carbocycles. The molecule has 2 aliphatic carbocycles. The predicted octanol–water partition coefficient (Wildman–Crippen LogP) is 6.77. The van der Waals surface area contributed by atoms with Crippen LogP contribution >= 0.6 is 0 Å². The first kappa shape index (κ1) is 36.0. The zero-order valence-corrected chi connectivity index (χ0v) is 30.6. The molecule has 8 nitrogen and oxygen atoms in total. The van der Waals surface area contributed by atoms with Crippen molar-refractivity contribution in [2.24, 2.45) is 5.92 Å². The summed E-state index contributed by atoms with van der Waals surface area (Å²) in [5, 5.41) is 3.24. The highest BCUT2D eigenvalue weighted by atomic mass is 19.3. The molecule has 3 atom stereocenters. The van der Waals surface area contributed by atoms with Gasteiger partial charge in [0.15, 0.2) is 6.61 Å². The highest BCUT2D eigenvalue weighted by Gasteiger charge is 2.70. The summed E-state index contributed by atoms with van der Waals surface area (Å²) in [7, 11) is 2.11. The van der Waals surface area contributed by atoms with E-state index >= 15 is 8.78 Å². The fraction of sp³-hybridized carbons (Fsp3) is 0.267. The first-order chi connectivity index (χ1) is 26.8. The quantitative estimate of drug-likeness (QED) is 0.165. The number of halogens is 2. The van der Waals surface area contributed by atoms with Gasteiger partial charge in [0.2, 0.25) is 0 Å². The van der Waals surface area contributed by atoms with Crippen molar-refractivity contribution in [3.8, 4) is 11.8 Å². The number of alkyl halides is 2. The van der Waals surface area contributed by atoms with Gasteiger partial charge in [0, 0.05) is 61.9 Å². The third kappa shape index (κ3) is 6.92. The molecule has 8 rings (SSSR count). The molecule has 3 unspecified atom stereocenters. The standard InChI is InChI=1S/C45H40F2N4O4/c1-3-54-44(53)39-37(26-36-32-12-4-6-14-34(32)40-41(45(40,46)47)35-15-7-5-13-33(35)36)38(43(52)55-25-9-11-29-10-8-20-48-27-29)28-49-42(39)30-16-18-31(19-17-30)51-23-21-50(2)22-24-51/h4-8,10,12-20,26-28,37,40-41,49H,3,21-25H2,1-2H3. The molecule has 55 heavy (non-hydrogen) atoms. The van der Waals surface area contributed by atoms with E-state index < -0.39 is 35.6 Å². The maximum atomic E-state index is 15.5. The molecular weight excluding hydrogens is 699 g/mol. The van der Waals surface area contributed by atoms with E-state index in [0.29, 0.717) is 39.1 Å². The number of fused-ring (bicyclic) bond motifs is 5. The number of aromatic nitrogens is 1. The van der Waals surface area contributed by atoms with Crippen molar-refractivity contribution < 1.29 is 27.8 Å². The summed E-state index contributed by atoms with van der Waals surface area (Å²) >= 11 is 0. The number of carbonyl (C=O) groups excluding carboxylic acids is 2. The number of allylic oxidation sites excluding steroid dienone is 1. The van der Waals surface area contributed by atoms with Gasteiger partial charge in [0.25, 0.3) is 5.92 Å². The highest BCUT2D eigenvalue weighted by Crippen LogP contribution is 2.70. The Labute approximate surface area is 319 Å². The molecule has 1 saturated heterocycles. The molecule has 0 radical (unpaired) electrons. The zero-order valence-electron chi connectivity index (χ0n) is 30.6. The molecule has 1 saturated carbocycles. The Hall–Kier alpha value is -6.05. The number of benzene rings is 3. The number of hydrogen-bond donors (Lipinski definition) is 1. The number of dihydropyridines is 1. The van der Waals surface area contributed by atoms with Crippen LogP contribution in [0.1, 0.15) is 52.1 Å². The number of anilines is 1. The summed E-state index contributed by atoms with van der Waals surface area (Å²) in [6.07, 6.45) is 6.65. The minimum Gasteiger partial charge on any atom is -0.463 e. The largest absolute Gasteiger partial charge is 0.463 e. The van der Waals surface area contributed by atoms with Crippen LogP contribution in [0.15, 0.2) is 121 Å². The summed E-state index contributed by atoms with van der Waals surface area (Å²) in [4.78, 5) is 36.9. The number of carbonyl (C=O) groups is 2. The summed E-state index contributed by atoms with van der Waals surface area (Å²) in [5.74, 6) is -1.37. The molecule has 0 amide bonds. The van der Waals surface area contributed by atoms with Crippen molar-refractivity contribution in [2.45, 2.75) is 24.7 Å². The minimum atomic E-state index is -2.91. The Bertz CT molecular complexity index is 2220. The van der Waals surface area contributed by atoms with Crippen molar-refractivity contribution in [3.63, 3.8) is 0 Å². The molecule has 10 heteroatoms. The molecule has 3 heterocycles. The third-order valence-corrected chi connectivity index (χ3v) is 10.8. The van der Waals surface area contributed by atoms with Gasteiger partial charge in [-0.2, -0.15) is 0 Å². The SMILES string of the molecule is CCOC(=O)C1=C(c2ccc(N3CCN(C)CC3)cc2)NC=C(C(=O)OCC#Cc2cccnc2)C1C=C1c2ccccc2C2C(c3ccccc31)C2(F)F. The maximum Gasteiger partial charge on any atom is 0.337 e. The zero-order chi connectivity index (χ0) is 38.1. The summed E-state index contributed by atoms with van der Waals surface area (Å²) in [6.45, 7) is 5.33. The van der Waals surface area contributed by atoms with Crippen molar-refractivity contribution in [3.05, 3.63) is 154 Å². The topological polar surface area (TPSA) is 84.0 Å². The Morgan fingerprint density at radius 3 is 2.20 bits per heavy atom. The third-order valence-electron chi connectivity index (χ3n) is 10.8. The average molecular weight is 739 g/mol. The molecule has 2 aliphatic heterocycles. The molecule has 1 aromatic heterocycles. The first-order valence-corrected chi connectivity index (χ1v) is 18.5. The normalized spacial score (nSPS) is 20.9. The van der Waals surface area contributed by atoms with Gasteiger partial charge in [-0.15, -0.1) is 0 Å². The molecule has 0 bridgehead atoms. The van der Waals surface area contributed by atoms with E-state index in [1.165, 1.54) is 0 Å². The van der Waals surface area contributed by atoms with Crippen LogP contribution in [0.4, 0.5) is 14.5 Å². The van der Waals surface area contributed by atoms with Gasteiger partial charge in [-0.25, -0.2) is 18.4 Å². The van der Waals surface area contributed by atoms with Gasteiger partial charge in [-0.1, -0.05) is 78.6 Å². The molecule has 2 fully saturated rings. The lowest BCUT2D eigenvalue weighted by Crippen LogP contribution is -2.44. The smallest absolute Gasteiger partial charge is 0.337 e. The second-order valence-electron chi connectivity index (χ2n) is 14.1. The van der Waals surface area contributed by atoms with Crippen LogP contribution in [-0.4, -0.2) is 74.2 Å². The minimum absolute atomic E-state index is 0.0960. The van der Waals surface area contributed by atoms with Crippen LogP contribution in [-0.2, 0) is 19.1 Å². The van der Waals surface area contributed by atoms with E-state index in [1.807, 2.05) is 54.6 Å². The number of ether oxygens (including phenoxy) is 2. The van der Waals surface area contributed by atoms with Crippen LogP contribution in [0.25, 0.3) is 11.3 Å². The highest BCUT2D eigenvalue weighted by molar-refractivity contribution is 6.04. The van der Waals surface area contributed by atoms with E-state index in [0.717, 1.165) is 37.4 Å². The fourth-order valence-corrected chi connectivity index (χ4v) is 7.95. The second-order valence-corrected chi connectivity index (χ2v) is 14.1. The first-order valence-electron chi connectivity index (χ1n) is 18.5. The summed E-state index contributed by atoms with van der Waals surface area (Å²) in [5.41, 5.74) is 6.21. The summed E-state index contributed by atoms with van der Waals surface area (Å²) in [6, 6.07) is 25.9. The van der Waals surface area contributed by atoms with Gasteiger partial charge in [0.1, 0.15) is 0 Å². The van der Waals surface area contributed by atoms with Crippen LogP contribution in [0.5, 0.6) is 0 Å². The Morgan fingerprint density at radius 1 is 0.891 bits per heavy atom. The van der Waals surface area contributed by atoms with Gasteiger partial charge in [0.05, 0.1) is 35.3 Å². The van der Waals surface area contributed by atoms with Gasteiger partial charge in [-0.3, -0.25) is 4.98 Å². The number of likely N-dealkylation sites (N-methyl/N-ethyl adjacent to an activating group) is 1.